The number of rotatable bonds is 7. The lowest BCUT2D eigenvalue weighted by Crippen LogP contribution is -2.26. The minimum absolute atomic E-state index is 0.130. The number of benzene rings is 2. The van der Waals surface area contributed by atoms with Crippen LogP contribution < -0.4 is 4.74 Å². The van der Waals surface area contributed by atoms with E-state index in [4.69, 9.17) is 4.74 Å². The van der Waals surface area contributed by atoms with E-state index in [1.807, 2.05) is 6.07 Å². The van der Waals surface area contributed by atoms with Crippen LogP contribution in [-0.2, 0) is 13.2 Å². The van der Waals surface area contributed by atoms with Crippen LogP contribution in [0.5, 0.6) is 5.75 Å². The summed E-state index contributed by atoms with van der Waals surface area (Å²) in [5.41, 5.74) is 4.01. The van der Waals surface area contributed by atoms with Gasteiger partial charge in [0, 0.05) is 41.9 Å². The molecule has 1 saturated carbocycles. The number of carbonyl (C=O) groups is 1. The summed E-state index contributed by atoms with van der Waals surface area (Å²) in [5.74, 6) is 0.0725. The van der Waals surface area contributed by atoms with Crippen molar-refractivity contribution in [1.82, 2.24) is 20.1 Å². The molecule has 2 N–H and O–H groups in total. The highest BCUT2D eigenvalue weighted by atomic mass is 19.1. The zero-order valence-corrected chi connectivity index (χ0v) is 18.1. The first-order valence-corrected chi connectivity index (χ1v) is 10.8. The standard InChI is InChI=1S/C25H23FN4O3/c1-30(13-17-11-27-22(14-31)21-12-28-29-24(17)21)25(32)16-5-8-20(15-3-2-4-18(26)9-15)23(10-16)33-19-6-7-19/h2-5,8-12,19,31H,6-7,13-14H2,1H3,(H,28,29). The number of ether oxygens (including phenoxy) is 1. The molecule has 1 aliphatic carbocycles. The number of aromatic nitrogens is 3. The van der Waals surface area contributed by atoms with E-state index in [2.05, 4.69) is 15.2 Å². The van der Waals surface area contributed by atoms with Gasteiger partial charge in [-0.25, -0.2) is 4.39 Å². The summed E-state index contributed by atoms with van der Waals surface area (Å²) >= 11 is 0. The van der Waals surface area contributed by atoms with Gasteiger partial charge >= 0.3 is 0 Å². The van der Waals surface area contributed by atoms with E-state index in [1.54, 1.807) is 48.6 Å². The molecule has 0 atom stereocenters. The first-order valence-electron chi connectivity index (χ1n) is 10.8. The van der Waals surface area contributed by atoms with Gasteiger partial charge in [0.25, 0.3) is 5.91 Å². The molecule has 5 rings (SSSR count). The Bertz CT molecular complexity index is 1330. The molecule has 2 heterocycles. The topological polar surface area (TPSA) is 91.3 Å². The molecule has 0 saturated heterocycles. The fourth-order valence-corrected chi connectivity index (χ4v) is 3.85. The Morgan fingerprint density at radius 3 is 2.85 bits per heavy atom. The van der Waals surface area contributed by atoms with Crippen molar-refractivity contribution in [2.45, 2.75) is 32.1 Å². The number of hydrogen-bond donors (Lipinski definition) is 2. The summed E-state index contributed by atoms with van der Waals surface area (Å²) < 4.78 is 19.9. The Balaban J connectivity index is 1.43. The van der Waals surface area contributed by atoms with Crippen molar-refractivity contribution in [3.05, 3.63) is 77.5 Å². The van der Waals surface area contributed by atoms with Crippen LogP contribution >= 0.6 is 0 Å². The molecule has 0 unspecified atom stereocenters. The Kier molecular flexibility index (Phi) is 5.51. The maximum absolute atomic E-state index is 13.8. The second-order valence-corrected chi connectivity index (χ2v) is 8.25. The van der Waals surface area contributed by atoms with Crippen molar-refractivity contribution in [2.75, 3.05) is 7.05 Å². The first-order chi connectivity index (χ1) is 16.0. The van der Waals surface area contributed by atoms with Crippen LogP contribution in [0.3, 0.4) is 0 Å². The number of halogens is 1. The molecule has 1 amide bonds. The normalized spacial score (nSPS) is 13.3. The summed E-state index contributed by atoms with van der Waals surface area (Å²) in [4.78, 5) is 19.1. The van der Waals surface area contributed by atoms with Crippen LogP contribution in [0.25, 0.3) is 22.0 Å². The van der Waals surface area contributed by atoms with Gasteiger partial charge < -0.3 is 14.7 Å². The Hall–Kier alpha value is -3.78. The zero-order valence-electron chi connectivity index (χ0n) is 18.1. The van der Waals surface area contributed by atoms with Crippen LogP contribution in [-0.4, -0.2) is 44.2 Å². The second-order valence-electron chi connectivity index (χ2n) is 8.25. The summed E-state index contributed by atoms with van der Waals surface area (Å²) in [6, 6.07) is 11.6. The van der Waals surface area contributed by atoms with E-state index in [9.17, 15) is 14.3 Å². The SMILES string of the molecule is CN(Cc1cnc(CO)c2cn[nH]c12)C(=O)c1ccc(-c2cccc(F)c2)c(OC2CC2)c1. The molecule has 7 nitrogen and oxygen atoms in total. The molecule has 8 heteroatoms. The number of pyridine rings is 1. The van der Waals surface area contributed by atoms with Crippen molar-refractivity contribution in [2.24, 2.45) is 0 Å². The molecule has 1 fully saturated rings. The quantitative estimate of drug-likeness (QED) is 0.447. The van der Waals surface area contributed by atoms with Gasteiger partial charge in [0.2, 0.25) is 0 Å². The largest absolute Gasteiger partial charge is 0.490 e. The molecule has 0 bridgehead atoms. The molecule has 0 radical (unpaired) electrons. The maximum atomic E-state index is 13.8. The number of H-pyrrole nitrogens is 1. The van der Waals surface area contributed by atoms with Gasteiger partial charge in [-0.2, -0.15) is 5.10 Å². The number of nitrogens with zero attached hydrogens (tertiary/aromatic N) is 3. The number of aliphatic hydroxyl groups is 1. The number of nitrogens with one attached hydrogen (secondary N) is 1. The van der Waals surface area contributed by atoms with E-state index in [-0.39, 0.29) is 24.4 Å². The highest BCUT2D eigenvalue weighted by molar-refractivity contribution is 5.96. The van der Waals surface area contributed by atoms with Gasteiger partial charge in [0.1, 0.15) is 11.6 Å². The van der Waals surface area contributed by atoms with Crippen molar-refractivity contribution in [3.63, 3.8) is 0 Å². The highest BCUT2D eigenvalue weighted by Gasteiger charge is 2.26. The van der Waals surface area contributed by atoms with Crippen molar-refractivity contribution >= 4 is 16.8 Å². The predicted molar refractivity (Wildman–Crippen MR) is 121 cm³/mol. The molecule has 0 aliphatic heterocycles. The molecule has 1 aliphatic rings. The lowest BCUT2D eigenvalue weighted by atomic mass is 10.0. The van der Waals surface area contributed by atoms with Crippen LogP contribution in [0, 0.1) is 5.82 Å². The highest BCUT2D eigenvalue weighted by Crippen LogP contribution is 2.36. The first kappa shape index (κ1) is 21.1. The van der Waals surface area contributed by atoms with Gasteiger partial charge in [-0.15, -0.1) is 0 Å². The smallest absolute Gasteiger partial charge is 0.254 e. The Morgan fingerprint density at radius 2 is 2.09 bits per heavy atom. The summed E-state index contributed by atoms with van der Waals surface area (Å²) in [7, 11) is 1.71. The number of carbonyl (C=O) groups excluding carboxylic acids is 1. The van der Waals surface area contributed by atoms with Crippen LogP contribution in [0.4, 0.5) is 4.39 Å². The molecule has 0 spiro atoms. The Morgan fingerprint density at radius 1 is 1.24 bits per heavy atom. The van der Waals surface area contributed by atoms with Gasteiger partial charge in [-0.05, 0) is 48.7 Å². The van der Waals surface area contributed by atoms with E-state index in [0.717, 1.165) is 34.9 Å². The minimum Gasteiger partial charge on any atom is -0.490 e. The number of aromatic amines is 1. The van der Waals surface area contributed by atoms with E-state index in [0.29, 0.717) is 29.1 Å². The fourth-order valence-electron chi connectivity index (χ4n) is 3.85. The minimum atomic E-state index is -0.323. The van der Waals surface area contributed by atoms with Gasteiger partial charge in [0.15, 0.2) is 0 Å². The van der Waals surface area contributed by atoms with E-state index in [1.165, 1.54) is 12.1 Å². The van der Waals surface area contributed by atoms with Gasteiger partial charge in [-0.1, -0.05) is 12.1 Å². The number of aliphatic hydroxyl groups excluding tert-OH is 1. The zero-order chi connectivity index (χ0) is 22.9. The van der Waals surface area contributed by atoms with E-state index < -0.39 is 0 Å². The molecule has 2 aromatic carbocycles. The second kappa shape index (κ2) is 8.63. The third-order valence-electron chi connectivity index (χ3n) is 5.73. The number of hydrogen-bond acceptors (Lipinski definition) is 5. The van der Waals surface area contributed by atoms with Crippen molar-refractivity contribution in [1.29, 1.82) is 0 Å². The third kappa shape index (κ3) is 4.29. The molecule has 2 aromatic heterocycles. The van der Waals surface area contributed by atoms with E-state index >= 15 is 0 Å². The van der Waals surface area contributed by atoms with Gasteiger partial charge in [0.05, 0.1) is 30.1 Å². The third-order valence-corrected chi connectivity index (χ3v) is 5.73. The molecular weight excluding hydrogens is 423 g/mol. The molecule has 33 heavy (non-hydrogen) atoms. The number of amides is 1. The average Bonchev–Trinajstić information content (AvgIpc) is 3.49. The van der Waals surface area contributed by atoms with Crippen LogP contribution in [0.15, 0.2) is 54.9 Å². The fraction of sp³-hybridized carbons (Fsp3) is 0.240. The van der Waals surface area contributed by atoms with Crippen molar-refractivity contribution < 1.29 is 19.0 Å². The molecule has 168 valence electrons. The van der Waals surface area contributed by atoms with Crippen LogP contribution in [0.1, 0.15) is 34.5 Å². The summed E-state index contributed by atoms with van der Waals surface area (Å²) in [5, 5.41) is 17.2. The summed E-state index contributed by atoms with van der Waals surface area (Å²) in [6.45, 7) is 0.118. The lowest BCUT2D eigenvalue weighted by molar-refractivity contribution is 0.0785. The average molecular weight is 446 g/mol. The molecular formula is C25H23FN4O3. The molecule has 4 aromatic rings. The summed E-state index contributed by atoms with van der Waals surface area (Å²) in [6.07, 6.45) is 5.33. The lowest BCUT2D eigenvalue weighted by Gasteiger charge is -2.19. The maximum Gasteiger partial charge on any atom is 0.254 e. The van der Waals surface area contributed by atoms with Crippen molar-refractivity contribution in [3.8, 4) is 16.9 Å². The monoisotopic (exact) mass is 446 g/mol. The van der Waals surface area contributed by atoms with Gasteiger partial charge in [-0.3, -0.25) is 14.9 Å². The predicted octanol–water partition coefficient (Wildman–Crippen LogP) is 4.07. The number of fused-ring (bicyclic) bond motifs is 1. The van der Waals surface area contributed by atoms with Crippen LogP contribution in [0.2, 0.25) is 0 Å². The Labute approximate surface area is 189 Å².